The molecule has 3 aromatic rings. The number of pyridine rings is 1. The molecule has 0 spiro atoms. The summed E-state index contributed by atoms with van der Waals surface area (Å²) in [7, 11) is 0. The van der Waals surface area contributed by atoms with Crippen LogP contribution in [0.2, 0.25) is 0 Å². The van der Waals surface area contributed by atoms with E-state index < -0.39 is 5.97 Å². The minimum atomic E-state index is -0.419. The number of amides is 1. The van der Waals surface area contributed by atoms with Gasteiger partial charge in [0, 0.05) is 31.6 Å². The Balaban J connectivity index is 1.35. The molecule has 1 aliphatic heterocycles. The second-order valence-corrected chi connectivity index (χ2v) is 6.50. The lowest BCUT2D eigenvalue weighted by atomic mass is 10.1. The third kappa shape index (κ3) is 3.31. The van der Waals surface area contributed by atoms with Crippen molar-refractivity contribution < 1.29 is 14.3 Å². The molecule has 6 nitrogen and oxygen atoms in total. The number of benzene rings is 1. The van der Waals surface area contributed by atoms with Gasteiger partial charge in [-0.3, -0.25) is 9.20 Å². The van der Waals surface area contributed by atoms with Crippen LogP contribution in [-0.4, -0.2) is 39.3 Å². The third-order valence-corrected chi connectivity index (χ3v) is 4.59. The minimum Gasteiger partial charge on any atom is -0.461 e. The summed E-state index contributed by atoms with van der Waals surface area (Å²) in [6, 6.07) is 15.4. The molecule has 0 bridgehead atoms. The smallest absolute Gasteiger partial charge is 0.356 e. The highest BCUT2D eigenvalue weighted by molar-refractivity contribution is 5.88. The van der Waals surface area contributed by atoms with Crippen molar-refractivity contribution in [2.75, 3.05) is 13.2 Å². The van der Waals surface area contributed by atoms with Crippen molar-refractivity contribution >= 4 is 17.5 Å². The monoisotopic (exact) mass is 349 g/mol. The van der Waals surface area contributed by atoms with Gasteiger partial charge in [-0.25, -0.2) is 9.78 Å². The first-order valence-corrected chi connectivity index (χ1v) is 8.61. The van der Waals surface area contributed by atoms with Crippen molar-refractivity contribution in [1.82, 2.24) is 14.3 Å². The molecule has 0 radical (unpaired) electrons. The van der Waals surface area contributed by atoms with Gasteiger partial charge in [0.2, 0.25) is 5.91 Å². The molecular weight excluding hydrogens is 330 g/mol. The average molecular weight is 349 g/mol. The number of imidazole rings is 1. The Labute approximate surface area is 151 Å². The van der Waals surface area contributed by atoms with Gasteiger partial charge in [0.25, 0.3) is 0 Å². The third-order valence-electron chi connectivity index (χ3n) is 4.59. The molecule has 4 rings (SSSR count). The number of carbonyl (C=O) groups excluding carboxylic acids is 2. The molecule has 0 N–H and O–H groups in total. The number of ether oxygens (including phenoxy) is 1. The SMILES string of the molecule is O=C(OC[C@H]1CC(=O)N(Cc2ccccc2)C1)c1cnc2ccccn12. The van der Waals surface area contributed by atoms with Gasteiger partial charge < -0.3 is 9.64 Å². The van der Waals surface area contributed by atoms with Crippen LogP contribution in [0, 0.1) is 5.92 Å². The number of rotatable bonds is 5. The standard InChI is InChI=1S/C20H19N3O3/c24-19-10-16(13-22(19)12-15-6-2-1-3-7-15)14-26-20(25)17-11-21-18-8-4-5-9-23(17)18/h1-9,11,16H,10,12-14H2/t16-/m0/s1. The van der Waals surface area contributed by atoms with Gasteiger partial charge >= 0.3 is 5.97 Å². The van der Waals surface area contributed by atoms with Gasteiger partial charge in [0.1, 0.15) is 5.65 Å². The molecule has 1 saturated heterocycles. The molecular formula is C20H19N3O3. The number of hydrogen-bond acceptors (Lipinski definition) is 4. The van der Waals surface area contributed by atoms with E-state index in [1.54, 1.807) is 10.6 Å². The van der Waals surface area contributed by atoms with E-state index in [2.05, 4.69) is 4.98 Å². The Morgan fingerprint density at radius 3 is 2.81 bits per heavy atom. The Bertz CT molecular complexity index is 936. The predicted molar refractivity (Wildman–Crippen MR) is 95.4 cm³/mol. The van der Waals surface area contributed by atoms with Crippen LogP contribution in [0.4, 0.5) is 0 Å². The molecule has 0 saturated carbocycles. The van der Waals surface area contributed by atoms with E-state index in [4.69, 9.17) is 4.74 Å². The Morgan fingerprint density at radius 1 is 1.15 bits per heavy atom. The van der Waals surface area contributed by atoms with Crippen molar-refractivity contribution in [2.45, 2.75) is 13.0 Å². The van der Waals surface area contributed by atoms with E-state index >= 15 is 0 Å². The van der Waals surface area contributed by atoms with Gasteiger partial charge in [0.05, 0.1) is 12.8 Å². The van der Waals surface area contributed by atoms with E-state index in [0.29, 0.717) is 30.9 Å². The second-order valence-electron chi connectivity index (χ2n) is 6.50. The van der Waals surface area contributed by atoms with Crippen LogP contribution >= 0.6 is 0 Å². The van der Waals surface area contributed by atoms with Crippen molar-refractivity contribution in [3.8, 4) is 0 Å². The van der Waals surface area contributed by atoms with Crippen LogP contribution in [0.25, 0.3) is 5.65 Å². The summed E-state index contributed by atoms with van der Waals surface area (Å²) in [6.45, 7) is 1.43. The van der Waals surface area contributed by atoms with Crippen molar-refractivity contribution in [1.29, 1.82) is 0 Å². The molecule has 1 fully saturated rings. The summed E-state index contributed by atoms with van der Waals surface area (Å²) in [5.41, 5.74) is 2.19. The fourth-order valence-electron chi connectivity index (χ4n) is 3.27. The number of aromatic nitrogens is 2. The second kappa shape index (κ2) is 7.00. The summed E-state index contributed by atoms with van der Waals surface area (Å²) in [5, 5.41) is 0. The summed E-state index contributed by atoms with van der Waals surface area (Å²) in [5.74, 6) is -0.295. The van der Waals surface area contributed by atoms with Crippen LogP contribution < -0.4 is 0 Å². The van der Waals surface area contributed by atoms with Gasteiger partial charge in [-0.05, 0) is 17.7 Å². The highest BCUT2D eigenvalue weighted by Crippen LogP contribution is 2.21. The topological polar surface area (TPSA) is 63.9 Å². The lowest BCUT2D eigenvalue weighted by Gasteiger charge is -2.16. The molecule has 0 aliphatic carbocycles. The van der Waals surface area contributed by atoms with Crippen LogP contribution in [0.15, 0.2) is 60.9 Å². The summed E-state index contributed by atoms with van der Waals surface area (Å²) >= 11 is 0. The average Bonchev–Trinajstić information content (AvgIpc) is 3.24. The molecule has 2 aromatic heterocycles. The van der Waals surface area contributed by atoms with E-state index in [0.717, 1.165) is 5.56 Å². The number of hydrogen-bond donors (Lipinski definition) is 0. The minimum absolute atomic E-state index is 0.0225. The van der Waals surface area contributed by atoms with Crippen LogP contribution in [0.1, 0.15) is 22.5 Å². The predicted octanol–water partition coefficient (Wildman–Crippen LogP) is 2.54. The van der Waals surface area contributed by atoms with Crippen molar-refractivity contribution in [2.24, 2.45) is 5.92 Å². The molecule has 132 valence electrons. The fraction of sp³-hybridized carbons (Fsp3) is 0.250. The molecule has 1 amide bonds. The first-order chi connectivity index (χ1) is 12.7. The zero-order chi connectivity index (χ0) is 17.9. The lowest BCUT2D eigenvalue weighted by Crippen LogP contribution is -2.25. The number of esters is 1. The van der Waals surface area contributed by atoms with Crippen LogP contribution in [0.3, 0.4) is 0 Å². The first-order valence-electron chi connectivity index (χ1n) is 8.61. The molecule has 1 aromatic carbocycles. The lowest BCUT2D eigenvalue weighted by molar-refractivity contribution is -0.128. The molecule has 0 unspecified atom stereocenters. The van der Waals surface area contributed by atoms with Gasteiger partial charge in [-0.15, -0.1) is 0 Å². The zero-order valence-corrected chi connectivity index (χ0v) is 14.2. The van der Waals surface area contributed by atoms with E-state index in [-0.39, 0.29) is 18.4 Å². The van der Waals surface area contributed by atoms with E-state index in [1.807, 2.05) is 53.4 Å². The Hall–Kier alpha value is -3.15. The van der Waals surface area contributed by atoms with Gasteiger partial charge in [-0.2, -0.15) is 0 Å². The highest BCUT2D eigenvalue weighted by atomic mass is 16.5. The number of likely N-dealkylation sites (tertiary alicyclic amines) is 1. The molecule has 1 aliphatic rings. The molecule has 3 heterocycles. The van der Waals surface area contributed by atoms with Crippen LogP contribution in [0.5, 0.6) is 0 Å². The Morgan fingerprint density at radius 2 is 1.96 bits per heavy atom. The Kier molecular flexibility index (Phi) is 4.39. The van der Waals surface area contributed by atoms with Gasteiger partial charge in [0.15, 0.2) is 5.69 Å². The molecule has 1 atom stereocenters. The number of carbonyl (C=O) groups is 2. The van der Waals surface area contributed by atoms with Gasteiger partial charge in [-0.1, -0.05) is 36.4 Å². The zero-order valence-electron chi connectivity index (χ0n) is 14.2. The van der Waals surface area contributed by atoms with E-state index in [9.17, 15) is 9.59 Å². The summed E-state index contributed by atoms with van der Waals surface area (Å²) in [6.07, 6.45) is 3.70. The largest absolute Gasteiger partial charge is 0.461 e. The maximum atomic E-state index is 12.3. The maximum absolute atomic E-state index is 12.3. The number of fused-ring (bicyclic) bond motifs is 1. The highest BCUT2D eigenvalue weighted by Gasteiger charge is 2.30. The normalized spacial score (nSPS) is 17.0. The van der Waals surface area contributed by atoms with E-state index in [1.165, 1.54) is 6.20 Å². The molecule has 6 heteroatoms. The maximum Gasteiger partial charge on any atom is 0.356 e. The first kappa shape index (κ1) is 16.3. The molecule has 26 heavy (non-hydrogen) atoms. The quantitative estimate of drug-likeness (QED) is 0.664. The van der Waals surface area contributed by atoms with Crippen molar-refractivity contribution in [3.63, 3.8) is 0 Å². The summed E-state index contributed by atoms with van der Waals surface area (Å²) < 4.78 is 7.14. The van der Waals surface area contributed by atoms with Crippen molar-refractivity contribution in [3.05, 3.63) is 72.2 Å². The number of nitrogens with zero attached hydrogens (tertiary/aromatic N) is 3. The fourth-order valence-corrected chi connectivity index (χ4v) is 3.27. The summed E-state index contributed by atoms with van der Waals surface area (Å²) in [4.78, 5) is 30.6. The van der Waals surface area contributed by atoms with Crippen LogP contribution in [-0.2, 0) is 16.1 Å².